The first-order valence-corrected chi connectivity index (χ1v) is 10.5. The van der Waals surface area contributed by atoms with E-state index in [0.29, 0.717) is 34.6 Å². The molecule has 2 rings (SSSR count). The Kier molecular flexibility index (Phi) is 10.8. The third-order valence-corrected chi connectivity index (χ3v) is 4.44. The smallest absolute Gasteiger partial charge is 0.252 e. The SMILES string of the molecule is C=C(C)C(=O)NC(=Nc1cc(C#N)ccc1C)N(C)Cc1cc(C)nc(F)c1.CCCC. The van der Waals surface area contributed by atoms with E-state index >= 15 is 0 Å². The van der Waals surface area contributed by atoms with Crippen molar-refractivity contribution in [2.75, 3.05) is 7.05 Å². The van der Waals surface area contributed by atoms with Crippen LogP contribution in [0.2, 0.25) is 0 Å². The quantitative estimate of drug-likeness (QED) is 0.297. The van der Waals surface area contributed by atoms with Gasteiger partial charge in [0.1, 0.15) is 0 Å². The average Bonchev–Trinajstić information content (AvgIpc) is 2.73. The van der Waals surface area contributed by atoms with E-state index in [1.807, 2.05) is 6.92 Å². The van der Waals surface area contributed by atoms with Crippen LogP contribution in [0.4, 0.5) is 10.1 Å². The van der Waals surface area contributed by atoms with E-state index in [2.05, 4.69) is 41.8 Å². The number of hydrogen-bond donors (Lipinski definition) is 1. The maximum atomic E-state index is 13.6. The minimum absolute atomic E-state index is 0.265. The van der Waals surface area contributed by atoms with Gasteiger partial charge in [-0.2, -0.15) is 9.65 Å². The molecule has 1 heterocycles. The Morgan fingerprint density at radius 3 is 2.44 bits per heavy atom. The zero-order chi connectivity index (χ0) is 24.3. The molecular weight excluding hydrogens is 405 g/mol. The second kappa shape index (κ2) is 13.0. The fraction of sp³-hybridized carbons (Fsp3) is 0.360. The summed E-state index contributed by atoms with van der Waals surface area (Å²) in [5.74, 6) is -0.678. The third-order valence-electron chi connectivity index (χ3n) is 4.44. The number of guanidine groups is 1. The molecule has 32 heavy (non-hydrogen) atoms. The number of carbonyl (C=O) groups is 1. The van der Waals surface area contributed by atoms with Crippen LogP contribution in [-0.2, 0) is 11.3 Å². The summed E-state index contributed by atoms with van der Waals surface area (Å²) < 4.78 is 13.6. The molecule has 0 aliphatic carbocycles. The summed E-state index contributed by atoms with van der Waals surface area (Å²) in [5, 5.41) is 11.9. The molecule has 0 saturated carbocycles. The first-order chi connectivity index (χ1) is 15.1. The molecule has 0 saturated heterocycles. The maximum Gasteiger partial charge on any atom is 0.252 e. The van der Waals surface area contributed by atoms with E-state index < -0.39 is 5.95 Å². The minimum atomic E-state index is -0.564. The van der Waals surface area contributed by atoms with Gasteiger partial charge in [-0.1, -0.05) is 39.3 Å². The van der Waals surface area contributed by atoms with Gasteiger partial charge in [0.05, 0.1) is 17.3 Å². The molecule has 1 N–H and O–H groups in total. The van der Waals surface area contributed by atoms with Crippen molar-refractivity contribution >= 4 is 17.6 Å². The summed E-state index contributed by atoms with van der Waals surface area (Å²) in [5.41, 5.74) is 3.44. The maximum absolute atomic E-state index is 13.6. The van der Waals surface area contributed by atoms with Crippen LogP contribution in [0.15, 0.2) is 47.5 Å². The predicted octanol–water partition coefficient (Wildman–Crippen LogP) is 5.33. The summed E-state index contributed by atoms with van der Waals surface area (Å²) in [7, 11) is 1.73. The molecule has 7 heteroatoms. The molecule has 170 valence electrons. The van der Waals surface area contributed by atoms with Gasteiger partial charge in [0, 0.05) is 24.9 Å². The molecule has 1 aromatic heterocycles. The first kappa shape index (κ1) is 26.5. The van der Waals surface area contributed by atoms with Gasteiger partial charge in [0.2, 0.25) is 11.9 Å². The molecular formula is C25H32FN5O. The Morgan fingerprint density at radius 1 is 1.25 bits per heavy atom. The van der Waals surface area contributed by atoms with Crippen LogP contribution >= 0.6 is 0 Å². The second-order valence-electron chi connectivity index (χ2n) is 7.58. The number of unbranched alkanes of at least 4 members (excludes halogenated alkanes) is 1. The van der Waals surface area contributed by atoms with Gasteiger partial charge in [0.25, 0.3) is 5.91 Å². The number of nitriles is 1. The van der Waals surface area contributed by atoms with Crippen molar-refractivity contribution in [3.8, 4) is 6.07 Å². The molecule has 0 radical (unpaired) electrons. The monoisotopic (exact) mass is 437 g/mol. The van der Waals surface area contributed by atoms with Gasteiger partial charge in [0.15, 0.2) is 0 Å². The van der Waals surface area contributed by atoms with Crippen molar-refractivity contribution in [1.82, 2.24) is 15.2 Å². The molecule has 0 bridgehead atoms. The Morgan fingerprint density at radius 2 is 1.91 bits per heavy atom. The summed E-state index contributed by atoms with van der Waals surface area (Å²) in [6.45, 7) is 13.5. The highest BCUT2D eigenvalue weighted by Gasteiger charge is 2.14. The van der Waals surface area contributed by atoms with Crippen LogP contribution < -0.4 is 5.32 Å². The van der Waals surface area contributed by atoms with Crippen molar-refractivity contribution in [2.45, 2.75) is 54.0 Å². The number of nitrogens with one attached hydrogen (secondary N) is 1. The zero-order valence-corrected chi connectivity index (χ0v) is 19.8. The van der Waals surface area contributed by atoms with Gasteiger partial charge in [-0.15, -0.1) is 0 Å². The highest BCUT2D eigenvalue weighted by atomic mass is 19.1. The highest BCUT2D eigenvalue weighted by Crippen LogP contribution is 2.21. The predicted molar refractivity (Wildman–Crippen MR) is 127 cm³/mol. The van der Waals surface area contributed by atoms with Crippen molar-refractivity contribution < 1.29 is 9.18 Å². The summed E-state index contributed by atoms with van der Waals surface area (Å²) in [4.78, 5) is 22.1. The normalized spacial score (nSPS) is 10.5. The molecule has 6 nitrogen and oxygen atoms in total. The third kappa shape index (κ3) is 8.68. The van der Waals surface area contributed by atoms with Gasteiger partial charge in [-0.05, 0) is 56.2 Å². The van der Waals surface area contributed by atoms with Crippen LogP contribution in [0.5, 0.6) is 0 Å². The van der Waals surface area contributed by atoms with Crippen molar-refractivity contribution in [3.63, 3.8) is 0 Å². The van der Waals surface area contributed by atoms with Crippen molar-refractivity contribution in [1.29, 1.82) is 5.26 Å². The van der Waals surface area contributed by atoms with Crippen LogP contribution in [-0.4, -0.2) is 28.8 Å². The first-order valence-electron chi connectivity index (χ1n) is 10.5. The van der Waals surface area contributed by atoms with Gasteiger partial charge in [-0.25, -0.2) is 9.98 Å². The molecule has 0 atom stereocenters. The number of pyridine rings is 1. The fourth-order valence-corrected chi connectivity index (χ4v) is 2.47. The second-order valence-corrected chi connectivity index (χ2v) is 7.58. The Balaban J connectivity index is 0.00000118. The average molecular weight is 438 g/mol. The Hall–Kier alpha value is -3.53. The standard InChI is InChI=1S/C21H22FN5O.C4H10/c1-13(2)20(28)26-21(25-18-9-16(11-23)7-6-14(18)3)27(5)12-17-8-15(4)24-19(22)10-17;1-3-4-2/h6-10H,1,12H2,2-5H3,(H,25,26,28);3-4H2,1-2H3. The molecule has 0 aliphatic rings. The van der Waals surface area contributed by atoms with Crippen molar-refractivity contribution in [2.24, 2.45) is 4.99 Å². The lowest BCUT2D eigenvalue weighted by Crippen LogP contribution is -2.42. The number of aryl methyl sites for hydroxylation is 2. The number of benzene rings is 1. The summed E-state index contributed by atoms with van der Waals surface area (Å²) in [6, 6.07) is 10.3. The van der Waals surface area contributed by atoms with Crippen molar-refractivity contribution in [3.05, 3.63) is 70.8 Å². The van der Waals surface area contributed by atoms with E-state index in [1.54, 1.807) is 50.1 Å². The fourth-order valence-electron chi connectivity index (χ4n) is 2.47. The van der Waals surface area contributed by atoms with E-state index in [0.717, 1.165) is 5.56 Å². The Labute approximate surface area is 190 Å². The van der Waals surface area contributed by atoms with Gasteiger partial charge < -0.3 is 4.90 Å². The number of halogens is 1. The van der Waals surface area contributed by atoms with E-state index in [4.69, 9.17) is 5.26 Å². The number of rotatable bonds is 5. The summed E-state index contributed by atoms with van der Waals surface area (Å²) in [6.07, 6.45) is 2.64. The lowest BCUT2D eigenvalue weighted by molar-refractivity contribution is -0.116. The number of aromatic nitrogens is 1. The van der Waals surface area contributed by atoms with E-state index in [1.165, 1.54) is 18.9 Å². The lowest BCUT2D eigenvalue weighted by Gasteiger charge is -2.22. The van der Waals surface area contributed by atoms with Gasteiger partial charge >= 0.3 is 0 Å². The number of carbonyl (C=O) groups excluding carboxylic acids is 1. The minimum Gasteiger partial charge on any atom is -0.341 e. The molecule has 0 aliphatic heterocycles. The number of amides is 1. The Bertz CT molecular complexity index is 1000. The van der Waals surface area contributed by atoms with Crippen LogP contribution in [0.25, 0.3) is 0 Å². The summed E-state index contributed by atoms with van der Waals surface area (Å²) >= 11 is 0. The van der Waals surface area contributed by atoms with E-state index in [-0.39, 0.29) is 11.9 Å². The lowest BCUT2D eigenvalue weighted by atomic mass is 10.1. The van der Waals surface area contributed by atoms with Gasteiger partial charge in [-0.3, -0.25) is 10.1 Å². The molecule has 1 amide bonds. The number of nitrogens with zero attached hydrogens (tertiary/aromatic N) is 4. The molecule has 2 aromatic rings. The zero-order valence-electron chi connectivity index (χ0n) is 19.8. The topological polar surface area (TPSA) is 81.4 Å². The van der Waals surface area contributed by atoms with Crippen LogP contribution in [0.1, 0.15) is 56.0 Å². The van der Waals surface area contributed by atoms with Crippen LogP contribution in [0.3, 0.4) is 0 Å². The highest BCUT2D eigenvalue weighted by molar-refractivity contribution is 6.05. The molecule has 0 unspecified atom stereocenters. The molecule has 0 fully saturated rings. The molecule has 0 spiro atoms. The largest absolute Gasteiger partial charge is 0.341 e. The van der Waals surface area contributed by atoms with Crippen LogP contribution in [0, 0.1) is 31.1 Å². The molecule has 1 aromatic carbocycles. The van der Waals surface area contributed by atoms with E-state index in [9.17, 15) is 9.18 Å². The number of hydrogen-bond acceptors (Lipinski definition) is 4. The number of aliphatic imine (C=N–C) groups is 1.